The SMILES string of the molecule is C=c1[nH]c(=O)[nH]/c1=C\c1cnn2c(NC3CC3)cc(-c3ccc(C(=O)N4CCC4)s3)nc12. The van der Waals surface area contributed by atoms with Gasteiger partial charge in [0.2, 0.25) is 0 Å². The molecule has 3 N–H and O–H groups in total. The molecule has 0 atom stereocenters. The van der Waals surface area contributed by atoms with E-state index in [4.69, 9.17) is 4.98 Å². The Bertz CT molecular complexity index is 1520. The maximum absolute atomic E-state index is 12.6. The fraction of sp³-hybridized carbons (Fsp3) is 0.273. The predicted molar refractivity (Wildman–Crippen MR) is 123 cm³/mol. The summed E-state index contributed by atoms with van der Waals surface area (Å²) < 4.78 is 1.78. The Morgan fingerprint density at radius 2 is 2.12 bits per heavy atom. The molecule has 1 aliphatic heterocycles. The van der Waals surface area contributed by atoms with Gasteiger partial charge in [-0.1, -0.05) is 6.58 Å². The van der Waals surface area contributed by atoms with Gasteiger partial charge in [-0.15, -0.1) is 11.3 Å². The number of amides is 1. The lowest BCUT2D eigenvalue weighted by atomic mass is 10.2. The van der Waals surface area contributed by atoms with Gasteiger partial charge in [0.25, 0.3) is 5.91 Å². The summed E-state index contributed by atoms with van der Waals surface area (Å²) in [5.41, 5.74) is 1.90. The molecule has 10 heteroatoms. The van der Waals surface area contributed by atoms with Crippen molar-refractivity contribution in [1.82, 2.24) is 29.5 Å². The molecule has 9 nitrogen and oxygen atoms in total. The molecular weight excluding hydrogens is 426 g/mol. The van der Waals surface area contributed by atoms with Crippen LogP contribution in [-0.2, 0) is 0 Å². The molecule has 32 heavy (non-hydrogen) atoms. The van der Waals surface area contributed by atoms with E-state index in [-0.39, 0.29) is 11.6 Å². The Balaban J connectivity index is 1.47. The van der Waals surface area contributed by atoms with Crippen LogP contribution in [0.25, 0.3) is 28.9 Å². The molecule has 4 aromatic rings. The van der Waals surface area contributed by atoms with Crippen LogP contribution in [0, 0.1) is 0 Å². The second-order valence-corrected chi connectivity index (χ2v) is 9.29. The Kier molecular flexibility index (Phi) is 4.29. The monoisotopic (exact) mass is 447 g/mol. The summed E-state index contributed by atoms with van der Waals surface area (Å²) in [7, 11) is 0. The normalized spacial score (nSPS) is 16.5. The lowest BCUT2D eigenvalue weighted by Crippen LogP contribution is -2.41. The lowest BCUT2D eigenvalue weighted by molar-refractivity contribution is 0.0657. The highest BCUT2D eigenvalue weighted by molar-refractivity contribution is 7.17. The molecule has 2 fully saturated rings. The molecule has 5 heterocycles. The molecule has 1 saturated carbocycles. The van der Waals surface area contributed by atoms with E-state index in [2.05, 4.69) is 27.0 Å². The number of imidazole rings is 1. The maximum atomic E-state index is 12.6. The number of nitrogens with zero attached hydrogens (tertiary/aromatic N) is 4. The summed E-state index contributed by atoms with van der Waals surface area (Å²) in [5.74, 6) is 0.941. The number of hydrogen-bond donors (Lipinski definition) is 3. The van der Waals surface area contributed by atoms with Crippen LogP contribution in [0.1, 0.15) is 34.5 Å². The van der Waals surface area contributed by atoms with Gasteiger partial charge in [0, 0.05) is 30.8 Å². The number of hydrogen-bond acceptors (Lipinski definition) is 6. The van der Waals surface area contributed by atoms with Gasteiger partial charge in [0.15, 0.2) is 5.65 Å². The van der Waals surface area contributed by atoms with Gasteiger partial charge < -0.3 is 20.2 Å². The highest BCUT2D eigenvalue weighted by Gasteiger charge is 2.25. The minimum Gasteiger partial charge on any atom is -0.367 e. The first-order valence-electron chi connectivity index (χ1n) is 10.6. The van der Waals surface area contributed by atoms with E-state index in [0.717, 1.165) is 59.2 Å². The summed E-state index contributed by atoms with van der Waals surface area (Å²) in [5, 5.41) is 9.15. The molecule has 1 saturated heterocycles. The first-order valence-corrected chi connectivity index (χ1v) is 11.4. The van der Waals surface area contributed by atoms with Crippen molar-refractivity contribution in [2.75, 3.05) is 18.4 Å². The van der Waals surface area contributed by atoms with E-state index in [0.29, 0.717) is 22.4 Å². The lowest BCUT2D eigenvalue weighted by Gasteiger charge is -2.30. The number of fused-ring (bicyclic) bond motifs is 1. The molecule has 0 spiro atoms. The summed E-state index contributed by atoms with van der Waals surface area (Å²) in [6, 6.07) is 6.25. The molecule has 6 rings (SSSR count). The topological polar surface area (TPSA) is 111 Å². The minimum absolute atomic E-state index is 0.0858. The van der Waals surface area contributed by atoms with Crippen LogP contribution in [0.3, 0.4) is 0 Å². The average molecular weight is 448 g/mol. The zero-order chi connectivity index (χ0) is 21.8. The maximum Gasteiger partial charge on any atom is 0.323 e. The summed E-state index contributed by atoms with van der Waals surface area (Å²) in [6.07, 6.45) is 6.86. The third-order valence-electron chi connectivity index (χ3n) is 5.78. The van der Waals surface area contributed by atoms with E-state index in [1.807, 2.05) is 29.2 Å². The number of nitrogens with one attached hydrogen (secondary N) is 3. The molecule has 0 aromatic carbocycles. The van der Waals surface area contributed by atoms with Crippen molar-refractivity contribution in [2.45, 2.75) is 25.3 Å². The standard InChI is InChI=1S/C22H21N7O2S/c1-12-15(27-22(31)24-12)9-13-11-23-29-19(25-14-3-4-14)10-16(26-20(13)29)17-5-6-18(32-17)21(30)28-7-2-8-28/h5-6,9-11,14,25H,1-4,7-8H2,(H2,24,27,31)/b15-9-. The minimum atomic E-state index is -0.305. The molecule has 0 unspecified atom stereocenters. The van der Waals surface area contributed by atoms with Crippen molar-refractivity contribution >= 4 is 41.4 Å². The van der Waals surface area contributed by atoms with Crippen molar-refractivity contribution in [1.29, 1.82) is 0 Å². The van der Waals surface area contributed by atoms with Crippen molar-refractivity contribution in [3.63, 3.8) is 0 Å². The molecule has 0 radical (unpaired) electrons. The smallest absolute Gasteiger partial charge is 0.323 e. The number of thiophene rings is 1. The number of aromatic nitrogens is 5. The predicted octanol–water partition coefficient (Wildman–Crippen LogP) is 1.13. The van der Waals surface area contributed by atoms with E-state index >= 15 is 0 Å². The third kappa shape index (κ3) is 3.32. The van der Waals surface area contributed by atoms with Crippen molar-refractivity contribution in [3.8, 4) is 10.6 Å². The highest BCUT2D eigenvalue weighted by atomic mass is 32.1. The van der Waals surface area contributed by atoms with Crippen LogP contribution in [-0.4, -0.2) is 54.5 Å². The Morgan fingerprint density at radius 3 is 2.81 bits per heavy atom. The van der Waals surface area contributed by atoms with Crippen molar-refractivity contribution in [3.05, 3.63) is 56.0 Å². The van der Waals surface area contributed by atoms with Gasteiger partial charge in [-0.25, -0.2) is 9.78 Å². The van der Waals surface area contributed by atoms with E-state index in [1.54, 1.807) is 10.7 Å². The van der Waals surface area contributed by atoms with Crippen molar-refractivity contribution < 1.29 is 4.79 Å². The summed E-state index contributed by atoms with van der Waals surface area (Å²) in [4.78, 5) is 38.0. The Morgan fingerprint density at radius 1 is 1.28 bits per heavy atom. The zero-order valence-corrected chi connectivity index (χ0v) is 18.0. The zero-order valence-electron chi connectivity index (χ0n) is 17.2. The van der Waals surface area contributed by atoms with E-state index in [1.165, 1.54) is 11.3 Å². The van der Waals surface area contributed by atoms with Crippen LogP contribution in [0.2, 0.25) is 0 Å². The number of aromatic amines is 2. The molecule has 4 aromatic heterocycles. The van der Waals surface area contributed by atoms with Crippen LogP contribution in [0.4, 0.5) is 5.82 Å². The van der Waals surface area contributed by atoms with Gasteiger partial charge in [0.05, 0.1) is 32.3 Å². The Hall–Kier alpha value is -3.66. The van der Waals surface area contributed by atoms with Crippen LogP contribution >= 0.6 is 11.3 Å². The number of carbonyl (C=O) groups is 1. The fourth-order valence-corrected chi connectivity index (χ4v) is 4.66. The number of rotatable bonds is 5. The molecule has 1 amide bonds. The van der Waals surface area contributed by atoms with Gasteiger partial charge in [-0.3, -0.25) is 4.79 Å². The molecule has 1 aliphatic carbocycles. The van der Waals surface area contributed by atoms with Crippen LogP contribution in [0.15, 0.2) is 29.2 Å². The Labute approximate surface area is 186 Å². The number of likely N-dealkylation sites (tertiary alicyclic amines) is 1. The van der Waals surface area contributed by atoms with Gasteiger partial charge >= 0.3 is 5.69 Å². The molecular formula is C22H21N7O2S. The second kappa shape index (κ2) is 7.20. The van der Waals surface area contributed by atoms with E-state index in [9.17, 15) is 9.59 Å². The third-order valence-corrected chi connectivity index (χ3v) is 6.87. The van der Waals surface area contributed by atoms with Gasteiger partial charge in [-0.05, 0) is 37.5 Å². The quantitative estimate of drug-likeness (QED) is 0.425. The first kappa shape index (κ1) is 19.1. The molecule has 0 bridgehead atoms. The summed E-state index contributed by atoms with van der Waals surface area (Å²) in [6.45, 7) is 5.52. The number of H-pyrrole nitrogens is 2. The molecule has 162 valence electrons. The average Bonchev–Trinajstić information content (AvgIpc) is 3.11. The van der Waals surface area contributed by atoms with Gasteiger partial charge in [0.1, 0.15) is 5.82 Å². The number of anilines is 1. The number of carbonyl (C=O) groups excluding carboxylic acids is 1. The largest absolute Gasteiger partial charge is 0.367 e. The van der Waals surface area contributed by atoms with Crippen molar-refractivity contribution in [2.24, 2.45) is 0 Å². The van der Waals surface area contributed by atoms with Crippen LogP contribution in [0.5, 0.6) is 0 Å². The fourth-order valence-electron chi connectivity index (χ4n) is 3.73. The van der Waals surface area contributed by atoms with Gasteiger partial charge in [-0.2, -0.15) is 9.61 Å². The second-order valence-electron chi connectivity index (χ2n) is 8.21. The highest BCUT2D eigenvalue weighted by Crippen LogP contribution is 2.32. The van der Waals surface area contributed by atoms with E-state index < -0.39 is 0 Å². The molecule has 2 aliphatic rings. The summed E-state index contributed by atoms with van der Waals surface area (Å²) >= 11 is 1.46. The van der Waals surface area contributed by atoms with Crippen LogP contribution < -0.4 is 21.7 Å². The first-order chi connectivity index (χ1) is 15.5.